The number of nitrogens with one attached hydrogen (secondary N) is 1. The molecule has 53 valence electrons. The highest BCUT2D eigenvalue weighted by molar-refractivity contribution is 6.31. The summed E-state index contributed by atoms with van der Waals surface area (Å²) < 4.78 is 0. The molecule has 0 aliphatic heterocycles. The van der Waals surface area contributed by atoms with E-state index in [0.29, 0.717) is 10.7 Å². The third-order valence-corrected chi connectivity index (χ3v) is 2.02. The van der Waals surface area contributed by atoms with Crippen LogP contribution in [0, 0.1) is 13.8 Å². The minimum Gasteiger partial charge on any atom is -0.300 e. The zero-order valence-corrected chi connectivity index (χ0v) is 6.79. The Morgan fingerprint density at radius 2 is 1.90 bits per heavy atom. The Bertz CT molecular complexity index is 229. The predicted octanol–water partition coefficient (Wildman–Crippen LogP) is 2.87. The molecule has 0 aliphatic rings. The van der Waals surface area contributed by atoms with Gasteiger partial charge in [-0.3, -0.25) is 0 Å². The monoisotopic (exact) mass is 154 g/mol. The van der Waals surface area contributed by atoms with Crippen molar-refractivity contribution in [1.82, 2.24) is 5.73 Å². The van der Waals surface area contributed by atoms with Gasteiger partial charge in [-0.2, -0.15) is 0 Å². The lowest BCUT2D eigenvalue weighted by Crippen LogP contribution is -1.83. The van der Waals surface area contributed by atoms with Crippen LogP contribution in [0.2, 0.25) is 5.02 Å². The highest BCUT2D eigenvalue weighted by Gasteiger charge is 2.01. The molecule has 0 aliphatic carbocycles. The number of rotatable bonds is 0. The fourth-order valence-corrected chi connectivity index (χ4v) is 0.979. The van der Waals surface area contributed by atoms with Gasteiger partial charge in [0.15, 0.2) is 0 Å². The van der Waals surface area contributed by atoms with Crippen molar-refractivity contribution >= 4 is 17.3 Å². The normalized spacial score (nSPS) is 9.90. The minimum atomic E-state index is 0.549. The lowest BCUT2D eigenvalue weighted by atomic mass is 10.1. The van der Waals surface area contributed by atoms with Crippen molar-refractivity contribution in [3.63, 3.8) is 0 Å². The molecule has 0 saturated carbocycles. The van der Waals surface area contributed by atoms with E-state index in [4.69, 9.17) is 17.3 Å². The molecule has 0 amide bonds. The summed E-state index contributed by atoms with van der Waals surface area (Å²) in [7, 11) is 0. The second-order valence-corrected chi connectivity index (χ2v) is 2.77. The van der Waals surface area contributed by atoms with Crippen LogP contribution in [0.1, 0.15) is 11.1 Å². The van der Waals surface area contributed by atoms with E-state index in [-0.39, 0.29) is 0 Å². The molecule has 0 heterocycles. The van der Waals surface area contributed by atoms with Gasteiger partial charge in [0.05, 0.1) is 5.69 Å². The first-order valence-corrected chi connectivity index (χ1v) is 3.48. The van der Waals surface area contributed by atoms with Crippen LogP contribution in [0.5, 0.6) is 0 Å². The van der Waals surface area contributed by atoms with Gasteiger partial charge in [0.1, 0.15) is 0 Å². The molecule has 1 N–H and O–H groups in total. The molecule has 10 heavy (non-hydrogen) atoms. The zero-order chi connectivity index (χ0) is 7.72. The van der Waals surface area contributed by atoms with Crippen LogP contribution >= 0.6 is 11.6 Å². The summed E-state index contributed by atoms with van der Waals surface area (Å²) >= 11 is 5.77. The van der Waals surface area contributed by atoms with Gasteiger partial charge in [0, 0.05) is 5.02 Å². The molecule has 0 aromatic heterocycles. The molecular formula is C8H9ClN. The molecule has 0 unspecified atom stereocenters. The van der Waals surface area contributed by atoms with E-state index in [1.54, 1.807) is 0 Å². The molecule has 1 rings (SSSR count). The predicted molar refractivity (Wildman–Crippen MR) is 43.7 cm³/mol. The lowest BCUT2D eigenvalue weighted by Gasteiger charge is -2.03. The summed E-state index contributed by atoms with van der Waals surface area (Å²) in [6, 6.07) is 3.68. The maximum Gasteiger partial charge on any atom is 0.0613 e. The summed E-state index contributed by atoms with van der Waals surface area (Å²) in [5.74, 6) is 0. The number of hydrogen-bond acceptors (Lipinski definition) is 0. The number of aryl methyl sites for hydroxylation is 1. The van der Waals surface area contributed by atoms with E-state index < -0.39 is 0 Å². The van der Waals surface area contributed by atoms with Gasteiger partial charge in [0.25, 0.3) is 0 Å². The molecule has 0 spiro atoms. The third kappa shape index (κ3) is 1.09. The molecule has 1 aromatic rings. The van der Waals surface area contributed by atoms with E-state index in [2.05, 4.69) is 0 Å². The Morgan fingerprint density at radius 1 is 1.30 bits per heavy atom. The Morgan fingerprint density at radius 3 is 2.40 bits per heavy atom. The van der Waals surface area contributed by atoms with Gasteiger partial charge in [-0.1, -0.05) is 17.7 Å². The van der Waals surface area contributed by atoms with E-state index in [9.17, 15) is 0 Å². The molecule has 0 atom stereocenters. The standard InChI is InChI=1S/C8H9ClN/c1-5-3-4-7(9)6(2)8(5)10/h3-4,10H,1-2H3. The quantitative estimate of drug-likeness (QED) is 0.549. The molecule has 0 bridgehead atoms. The van der Waals surface area contributed by atoms with E-state index in [0.717, 1.165) is 11.1 Å². The van der Waals surface area contributed by atoms with Crippen LogP contribution in [0.3, 0.4) is 0 Å². The van der Waals surface area contributed by atoms with Gasteiger partial charge >= 0.3 is 0 Å². The average Bonchev–Trinajstić information content (AvgIpc) is 1.93. The first kappa shape index (κ1) is 7.42. The van der Waals surface area contributed by atoms with Crippen LogP contribution in [0.25, 0.3) is 0 Å². The summed E-state index contributed by atoms with van der Waals surface area (Å²) in [6.07, 6.45) is 0. The van der Waals surface area contributed by atoms with Gasteiger partial charge < -0.3 is 5.73 Å². The Labute approximate surface area is 65.8 Å². The largest absolute Gasteiger partial charge is 0.300 e. The van der Waals surface area contributed by atoms with Crippen LogP contribution in [-0.4, -0.2) is 0 Å². The highest BCUT2D eigenvalue weighted by Crippen LogP contribution is 2.24. The summed E-state index contributed by atoms with van der Waals surface area (Å²) in [4.78, 5) is 0. The molecule has 1 nitrogen and oxygen atoms in total. The summed E-state index contributed by atoms with van der Waals surface area (Å²) in [5, 5.41) is 0.676. The summed E-state index contributed by atoms with van der Waals surface area (Å²) in [5.41, 5.74) is 9.89. The van der Waals surface area contributed by atoms with Crippen LogP contribution in [0.15, 0.2) is 12.1 Å². The molecule has 0 fully saturated rings. The number of benzene rings is 1. The smallest absolute Gasteiger partial charge is 0.0613 e. The van der Waals surface area contributed by atoms with Crippen molar-refractivity contribution in [2.45, 2.75) is 13.8 Å². The molecule has 1 aromatic carbocycles. The van der Waals surface area contributed by atoms with Crippen molar-refractivity contribution < 1.29 is 0 Å². The first-order valence-electron chi connectivity index (χ1n) is 3.10. The Balaban J connectivity index is 3.34. The average molecular weight is 155 g/mol. The lowest BCUT2D eigenvalue weighted by molar-refractivity contribution is 1.31. The van der Waals surface area contributed by atoms with Gasteiger partial charge in [-0.05, 0) is 31.0 Å². The SMILES string of the molecule is Cc1ccc(Cl)c(C)c1[NH]. The van der Waals surface area contributed by atoms with E-state index in [1.807, 2.05) is 26.0 Å². The van der Waals surface area contributed by atoms with Gasteiger partial charge in [-0.25, -0.2) is 0 Å². The highest BCUT2D eigenvalue weighted by atomic mass is 35.5. The van der Waals surface area contributed by atoms with Crippen molar-refractivity contribution in [1.29, 1.82) is 0 Å². The summed E-state index contributed by atoms with van der Waals surface area (Å²) in [6.45, 7) is 3.77. The van der Waals surface area contributed by atoms with Crippen molar-refractivity contribution in [2.75, 3.05) is 0 Å². The second kappa shape index (κ2) is 2.51. The van der Waals surface area contributed by atoms with E-state index >= 15 is 0 Å². The molecule has 1 radical (unpaired) electrons. The van der Waals surface area contributed by atoms with E-state index in [1.165, 1.54) is 0 Å². The zero-order valence-electron chi connectivity index (χ0n) is 6.03. The Hall–Kier alpha value is -0.690. The van der Waals surface area contributed by atoms with Crippen molar-refractivity contribution in [3.05, 3.63) is 28.3 Å². The maximum atomic E-state index is 7.50. The van der Waals surface area contributed by atoms with Gasteiger partial charge in [0.2, 0.25) is 0 Å². The Kier molecular flexibility index (Phi) is 1.86. The number of halogens is 1. The van der Waals surface area contributed by atoms with Crippen LogP contribution < -0.4 is 5.73 Å². The van der Waals surface area contributed by atoms with Crippen LogP contribution in [-0.2, 0) is 0 Å². The molecule has 0 saturated heterocycles. The third-order valence-electron chi connectivity index (χ3n) is 1.61. The van der Waals surface area contributed by atoms with Crippen LogP contribution in [0.4, 0.5) is 5.69 Å². The topological polar surface area (TPSA) is 23.8 Å². The fourth-order valence-electron chi connectivity index (χ4n) is 0.822. The van der Waals surface area contributed by atoms with Crippen molar-refractivity contribution in [2.24, 2.45) is 0 Å². The number of hydrogen-bond donors (Lipinski definition) is 0. The van der Waals surface area contributed by atoms with Crippen molar-refractivity contribution in [3.8, 4) is 0 Å². The molecular weight excluding hydrogens is 146 g/mol. The molecule has 2 heteroatoms. The minimum absolute atomic E-state index is 0.549. The second-order valence-electron chi connectivity index (χ2n) is 2.36. The van der Waals surface area contributed by atoms with Gasteiger partial charge in [-0.15, -0.1) is 0 Å². The maximum absolute atomic E-state index is 7.50. The first-order chi connectivity index (χ1) is 4.63. The fraction of sp³-hybridized carbons (Fsp3) is 0.250.